The van der Waals surface area contributed by atoms with Crippen LogP contribution in [-0.4, -0.2) is 91.5 Å². The highest BCUT2D eigenvalue weighted by Gasteiger charge is 2.31. The molecule has 1 aromatic rings. The topological polar surface area (TPSA) is 63.2 Å². The van der Waals surface area contributed by atoms with Gasteiger partial charge in [-0.25, -0.2) is 0 Å². The Bertz CT molecular complexity index is 763. The second kappa shape index (κ2) is 12.9. The van der Waals surface area contributed by atoms with Crippen molar-refractivity contribution in [1.29, 1.82) is 0 Å². The van der Waals surface area contributed by atoms with Crippen LogP contribution in [0, 0.1) is 5.92 Å². The van der Waals surface area contributed by atoms with Gasteiger partial charge in [-0.3, -0.25) is 19.6 Å². The van der Waals surface area contributed by atoms with Crippen LogP contribution in [0.5, 0.6) is 0 Å². The molecule has 2 heterocycles. The largest absolute Gasteiger partial charge is 0.355 e. The molecule has 1 amide bonds. The van der Waals surface area contributed by atoms with E-state index in [0.717, 1.165) is 77.6 Å². The monoisotopic (exact) mass is 568 g/mol. The Morgan fingerprint density at radius 3 is 2.48 bits per heavy atom. The Labute approximate surface area is 216 Å². The molecule has 8 heteroatoms. The molecule has 3 aliphatic rings. The van der Waals surface area contributed by atoms with E-state index in [1.807, 2.05) is 7.05 Å². The molecule has 1 aromatic carbocycles. The molecule has 1 saturated carbocycles. The fourth-order valence-electron chi connectivity index (χ4n) is 5.07. The van der Waals surface area contributed by atoms with Crippen molar-refractivity contribution in [2.24, 2.45) is 10.9 Å². The van der Waals surface area contributed by atoms with E-state index >= 15 is 0 Å². The lowest BCUT2D eigenvalue weighted by Crippen LogP contribution is -2.53. The van der Waals surface area contributed by atoms with Gasteiger partial charge in [-0.15, -0.1) is 24.0 Å². The molecule has 0 spiro atoms. The third-order valence-corrected chi connectivity index (χ3v) is 7.36. The molecule has 2 unspecified atom stereocenters. The number of hydrogen-bond donors (Lipinski definition) is 2. The number of benzene rings is 1. The molecular formula is C25H41IN6O. The van der Waals surface area contributed by atoms with Gasteiger partial charge in [-0.2, -0.15) is 0 Å². The molecule has 184 valence electrons. The van der Waals surface area contributed by atoms with E-state index in [4.69, 9.17) is 0 Å². The Balaban J connectivity index is 0.00000306. The summed E-state index contributed by atoms with van der Waals surface area (Å²) in [6.45, 7) is 9.89. The quantitative estimate of drug-likeness (QED) is 0.301. The lowest BCUT2D eigenvalue weighted by molar-refractivity contribution is -0.139. The Morgan fingerprint density at radius 2 is 1.85 bits per heavy atom. The molecule has 0 bridgehead atoms. The molecule has 1 aliphatic carbocycles. The third kappa shape index (κ3) is 7.29. The average Bonchev–Trinajstić information content (AvgIpc) is 3.11. The number of piperazine rings is 1. The highest BCUT2D eigenvalue weighted by atomic mass is 127. The van der Waals surface area contributed by atoms with Gasteiger partial charge in [0.05, 0.1) is 0 Å². The number of likely N-dealkylation sites (tertiary alicyclic amines) is 1. The SMILES string of the molecule is CN=C(NCCN1CCN(C(=O)C2CCC2)CC1)NC1CC(C)N(Cc2ccccc2)C1.I. The first-order valence-corrected chi connectivity index (χ1v) is 12.4. The van der Waals surface area contributed by atoms with E-state index in [1.54, 1.807) is 0 Å². The number of aliphatic imine (C=N–C) groups is 1. The van der Waals surface area contributed by atoms with E-state index in [2.05, 4.69) is 67.6 Å². The molecule has 7 nitrogen and oxygen atoms in total. The van der Waals surface area contributed by atoms with Crippen molar-refractivity contribution in [3.63, 3.8) is 0 Å². The number of nitrogens with one attached hydrogen (secondary N) is 2. The Hall–Kier alpha value is -1.39. The highest BCUT2D eigenvalue weighted by molar-refractivity contribution is 14.0. The van der Waals surface area contributed by atoms with Crippen LogP contribution in [-0.2, 0) is 11.3 Å². The van der Waals surface area contributed by atoms with Crippen LogP contribution in [0.1, 0.15) is 38.2 Å². The number of amides is 1. The predicted molar refractivity (Wildman–Crippen MR) is 145 cm³/mol. The van der Waals surface area contributed by atoms with Gasteiger partial charge in [0.2, 0.25) is 5.91 Å². The van der Waals surface area contributed by atoms with Gasteiger partial charge in [0.15, 0.2) is 5.96 Å². The Kier molecular flexibility index (Phi) is 10.2. The summed E-state index contributed by atoms with van der Waals surface area (Å²) < 4.78 is 0. The highest BCUT2D eigenvalue weighted by Crippen LogP contribution is 2.28. The minimum absolute atomic E-state index is 0. The van der Waals surface area contributed by atoms with Crippen LogP contribution in [0.3, 0.4) is 0 Å². The maximum Gasteiger partial charge on any atom is 0.225 e. The normalized spacial score (nSPS) is 24.8. The van der Waals surface area contributed by atoms with Crippen LogP contribution in [0.2, 0.25) is 0 Å². The fraction of sp³-hybridized carbons (Fsp3) is 0.680. The standard InChI is InChI=1S/C25H40N6O.HI/c1-20-17-23(19-31(20)18-21-7-4-3-5-8-21)28-25(26-2)27-11-12-29-13-15-30(16-14-29)24(32)22-9-6-10-22;/h3-5,7-8,20,22-23H,6,9-19H2,1-2H3,(H2,26,27,28);1H. The smallest absolute Gasteiger partial charge is 0.225 e. The van der Waals surface area contributed by atoms with Crippen LogP contribution in [0.25, 0.3) is 0 Å². The molecule has 2 N–H and O–H groups in total. The molecule has 33 heavy (non-hydrogen) atoms. The summed E-state index contributed by atoms with van der Waals surface area (Å²) in [6.07, 6.45) is 4.55. The van der Waals surface area contributed by atoms with Crippen molar-refractivity contribution >= 4 is 35.8 Å². The predicted octanol–water partition coefficient (Wildman–Crippen LogP) is 2.38. The lowest BCUT2D eigenvalue weighted by atomic mass is 9.84. The zero-order valence-electron chi connectivity index (χ0n) is 20.2. The molecule has 2 saturated heterocycles. The van der Waals surface area contributed by atoms with Crippen molar-refractivity contribution in [3.05, 3.63) is 35.9 Å². The van der Waals surface area contributed by atoms with Gasteiger partial charge in [-0.1, -0.05) is 36.8 Å². The number of hydrogen-bond acceptors (Lipinski definition) is 4. The minimum atomic E-state index is 0. The zero-order chi connectivity index (χ0) is 22.3. The fourth-order valence-corrected chi connectivity index (χ4v) is 5.07. The van der Waals surface area contributed by atoms with E-state index in [1.165, 1.54) is 12.0 Å². The summed E-state index contributed by atoms with van der Waals surface area (Å²) in [5.41, 5.74) is 1.37. The summed E-state index contributed by atoms with van der Waals surface area (Å²) in [4.78, 5) is 23.9. The van der Waals surface area contributed by atoms with Crippen LogP contribution in [0.4, 0.5) is 0 Å². The zero-order valence-corrected chi connectivity index (χ0v) is 22.5. The van der Waals surface area contributed by atoms with Gasteiger partial charge in [-0.05, 0) is 31.7 Å². The van der Waals surface area contributed by atoms with Gasteiger partial charge in [0.25, 0.3) is 0 Å². The maximum absolute atomic E-state index is 12.4. The molecule has 2 atom stereocenters. The second-order valence-electron chi connectivity index (χ2n) is 9.63. The first-order chi connectivity index (χ1) is 15.6. The van der Waals surface area contributed by atoms with Crippen molar-refractivity contribution in [1.82, 2.24) is 25.3 Å². The number of carbonyl (C=O) groups excluding carboxylic acids is 1. The Morgan fingerprint density at radius 1 is 1.12 bits per heavy atom. The van der Waals surface area contributed by atoms with E-state index in [-0.39, 0.29) is 24.0 Å². The van der Waals surface area contributed by atoms with E-state index < -0.39 is 0 Å². The molecule has 4 rings (SSSR count). The van der Waals surface area contributed by atoms with Crippen molar-refractivity contribution in [2.75, 3.05) is 52.9 Å². The van der Waals surface area contributed by atoms with Crippen LogP contribution >= 0.6 is 24.0 Å². The van der Waals surface area contributed by atoms with Gasteiger partial charge in [0.1, 0.15) is 0 Å². The summed E-state index contributed by atoms with van der Waals surface area (Å²) in [6, 6.07) is 11.7. The molecule has 3 fully saturated rings. The molecule has 2 aliphatic heterocycles. The minimum Gasteiger partial charge on any atom is -0.355 e. The first-order valence-electron chi connectivity index (χ1n) is 12.4. The second-order valence-corrected chi connectivity index (χ2v) is 9.63. The maximum atomic E-state index is 12.4. The summed E-state index contributed by atoms with van der Waals surface area (Å²) in [7, 11) is 1.85. The number of nitrogens with zero attached hydrogens (tertiary/aromatic N) is 4. The third-order valence-electron chi connectivity index (χ3n) is 7.36. The molecular weight excluding hydrogens is 527 g/mol. The number of halogens is 1. The van der Waals surface area contributed by atoms with Gasteiger partial charge in [0, 0.05) is 77.4 Å². The first kappa shape index (κ1) is 26.2. The van der Waals surface area contributed by atoms with Crippen molar-refractivity contribution in [2.45, 2.75) is 51.2 Å². The summed E-state index contributed by atoms with van der Waals surface area (Å²) >= 11 is 0. The van der Waals surface area contributed by atoms with E-state index in [9.17, 15) is 4.79 Å². The number of carbonyl (C=O) groups is 1. The van der Waals surface area contributed by atoms with Gasteiger partial charge < -0.3 is 15.5 Å². The number of rotatable bonds is 7. The van der Waals surface area contributed by atoms with Crippen LogP contribution < -0.4 is 10.6 Å². The summed E-state index contributed by atoms with van der Waals surface area (Å²) in [5.74, 6) is 1.60. The summed E-state index contributed by atoms with van der Waals surface area (Å²) in [5, 5.41) is 7.11. The average molecular weight is 569 g/mol. The van der Waals surface area contributed by atoms with Crippen molar-refractivity contribution in [3.8, 4) is 0 Å². The van der Waals surface area contributed by atoms with E-state index in [0.29, 0.717) is 23.9 Å². The molecule has 0 radical (unpaired) electrons. The van der Waals surface area contributed by atoms with Crippen LogP contribution in [0.15, 0.2) is 35.3 Å². The van der Waals surface area contributed by atoms with Gasteiger partial charge >= 0.3 is 0 Å². The van der Waals surface area contributed by atoms with Crippen molar-refractivity contribution < 1.29 is 4.79 Å². The molecule has 0 aromatic heterocycles. The number of guanidine groups is 1. The lowest BCUT2D eigenvalue weighted by Gasteiger charge is -2.38.